The highest BCUT2D eigenvalue weighted by atomic mass is 32.2. The largest absolute Gasteiger partial charge is 0.471 e. The van der Waals surface area contributed by atoms with E-state index in [4.69, 9.17) is 4.74 Å². The summed E-state index contributed by atoms with van der Waals surface area (Å²) in [4.78, 5) is 30.4. The summed E-state index contributed by atoms with van der Waals surface area (Å²) in [6.45, 7) is 5.81. The van der Waals surface area contributed by atoms with Crippen molar-refractivity contribution in [1.82, 2.24) is 9.88 Å². The molecule has 0 spiro atoms. The Morgan fingerprint density at radius 3 is 2.70 bits per heavy atom. The zero-order valence-electron chi connectivity index (χ0n) is 22.2. The molecular weight excluding hydrogens is 567 g/mol. The van der Waals surface area contributed by atoms with E-state index in [0.29, 0.717) is 22.4 Å². The predicted molar refractivity (Wildman–Crippen MR) is 140 cm³/mol. The number of amides is 1. The third-order valence-electron chi connectivity index (χ3n) is 9.41. The first-order chi connectivity index (χ1) is 18.7. The molecule has 2 fully saturated rings. The number of carbonyl (C=O) groups is 2. The van der Waals surface area contributed by atoms with Gasteiger partial charge in [0.25, 0.3) is 10.0 Å². The Hall–Kier alpha value is -2.67. The van der Waals surface area contributed by atoms with Crippen LogP contribution in [0.2, 0.25) is 0 Å². The number of alkyl halides is 3. The maximum Gasteiger partial charge on any atom is 0.471 e. The molecule has 6 rings (SSSR count). The molecule has 3 heterocycles. The highest BCUT2D eigenvalue weighted by Crippen LogP contribution is 2.59. The summed E-state index contributed by atoms with van der Waals surface area (Å²) in [5.74, 6) is -1.99. The van der Waals surface area contributed by atoms with Crippen LogP contribution >= 0.6 is 11.3 Å². The van der Waals surface area contributed by atoms with Crippen LogP contribution in [-0.2, 0) is 43.7 Å². The van der Waals surface area contributed by atoms with E-state index >= 15 is 0 Å². The van der Waals surface area contributed by atoms with Gasteiger partial charge in [0, 0.05) is 35.7 Å². The molecule has 1 aromatic heterocycles. The Morgan fingerprint density at radius 1 is 1.23 bits per heavy atom. The van der Waals surface area contributed by atoms with Crippen molar-refractivity contribution >= 4 is 38.4 Å². The smallest absolute Gasteiger partial charge is 0.461 e. The third-order valence-corrected chi connectivity index (χ3v) is 11.9. The van der Waals surface area contributed by atoms with Crippen LogP contribution in [0.4, 0.5) is 18.3 Å². The first-order valence-electron chi connectivity index (χ1n) is 13.4. The number of hydrogen-bond acceptors (Lipinski definition) is 7. The van der Waals surface area contributed by atoms with Crippen molar-refractivity contribution in [2.45, 2.75) is 76.1 Å². The van der Waals surface area contributed by atoms with Crippen molar-refractivity contribution < 1.29 is 35.9 Å². The lowest BCUT2D eigenvalue weighted by atomic mass is 9.54. The van der Waals surface area contributed by atoms with Gasteiger partial charge in [-0.2, -0.15) is 13.2 Å². The second-order valence-corrected chi connectivity index (χ2v) is 14.6. The normalized spacial score (nSPS) is 31.5. The van der Waals surface area contributed by atoms with Gasteiger partial charge in [-0.05, 0) is 54.4 Å². The average Bonchev–Trinajstić information content (AvgIpc) is 3.40. The second-order valence-electron chi connectivity index (χ2n) is 11.9. The van der Waals surface area contributed by atoms with Crippen LogP contribution in [0.25, 0.3) is 0 Å². The maximum atomic E-state index is 13.3. The Kier molecular flexibility index (Phi) is 6.30. The SMILES string of the molecule is C[C@@H]1C(=O)O[C@H]2[C@H]1CC[C@@]1(C)Cc3sc(NS(=O)(=O)c4ccc5c(c4)CN(C(=O)C(F)(F)F)CC5)nc3[C@@H](C)[C@H]21. The number of halogens is 3. The van der Waals surface area contributed by atoms with Gasteiger partial charge in [0.05, 0.1) is 16.5 Å². The Balaban J connectivity index is 1.24. The molecule has 0 bridgehead atoms. The Bertz CT molecular complexity index is 1510. The number of nitrogens with one attached hydrogen (secondary N) is 1. The molecule has 1 amide bonds. The monoisotopic (exact) mass is 597 g/mol. The van der Waals surface area contributed by atoms with E-state index in [0.717, 1.165) is 23.4 Å². The summed E-state index contributed by atoms with van der Waals surface area (Å²) in [6.07, 6.45) is -2.38. The van der Waals surface area contributed by atoms with E-state index in [1.165, 1.54) is 23.5 Å². The summed E-state index contributed by atoms with van der Waals surface area (Å²) in [5, 5.41) is 0.221. The lowest BCUT2D eigenvalue weighted by Crippen LogP contribution is -2.50. The fourth-order valence-electron chi connectivity index (χ4n) is 7.35. The molecular formula is C27H30F3N3O5S2. The van der Waals surface area contributed by atoms with Crippen LogP contribution < -0.4 is 4.72 Å². The molecule has 13 heteroatoms. The lowest BCUT2D eigenvalue weighted by Gasteiger charge is -2.51. The first kappa shape index (κ1) is 27.5. The molecule has 0 unspecified atom stereocenters. The van der Waals surface area contributed by atoms with E-state index in [1.807, 2.05) is 6.92 Å². The van der Waals surface area contributed by atoms with Crippen molar-refractivity contribution in [1.29, 1.82) is 0 Å². The number of hydrogen-bond donors (Lipinski definition) is 1. The molecule has 1 saturated heterocycles. The van der Waals surface area contributed by atoms with Crippen molar-refractivity contribution in [2.75, 3.05) is 11.3 Å². The molecule has 2 aromatic rings. The molecule has 2 aliphatic heterocycles. The number of rotatable bonds is 3. The topological polar surface area (TPSA) is 106 Å². The number of anilines is 1. The third kappa shape index (κ3) is 4.40. The standard InChI is InChI=1S/C27H30F3N3O5S2/c1-13-18-6-8-26(3)11-19-21(14(2)20(26)22(18)38-23(13)34)31-25(39-19)32-40(36,37)17-5-4-15-7-9-33(12-16(15)10-17)24(35)27(28,29)30/h4-5,10,13-14,18,20,22H,6-9,11-12H2,1-3H3,(H,31,32)/t13-,14-,18-,20+,22-,26-/m0/s1. The second kappa shape index (κ2) is 9.17. The Labute approximate surface area is 234 Å². The summed E-state index contributed by atoms with van der Waals surface area (Å²) in [5.41, 5.74) is 1.79. The van der Waals surface area contributed by atoms with E-state index < -0.39 is 22.1 Å². The molecule has 0 radical (unpaired) electrons. The van der Waals surface area contributed by atoms with Crippen molar-refractivity contribution in [2.24, 2.45) is 23.2 Å². The molecule has 1 saturated carbocycles. The Morgan fingerprint density at radius 2 is 1.98 bits per heavy atom. The number of fused-ring (bicyclic) bond motifs is 5. The molecule has 1 aromatic carbocycles. The number of sulfonamides is 1. The minimum absolute atomic E-state index is 0.0324. The number of ether oxygens (including phenoxy) is 1. The van der Waals surface area contributed by atoms with E-state index in [-0.39, 0.29) is 70.7 Å². The highest BCUT2D eigenvalue weighted by Gasteiger charge is 2.58. The van der Waals surface area contributed by atoms with Crippen molar-refractivity contribution in [3.05, 3.63) is 39.9 Å². The minimum Gasteiger partial charge on any atom is -0.461 e. The zero-order valence-corrected chi connectivity index (χ0v) is 23.9. The van der Waals surface area contributed by atoms with Crippen molar-refractivity contribution in [3.8, 4) is 0 Å². The summed E-state index contributed by atoms with van der Waals surface area (Å²) >= 11 is 1.29. The van der Waals surface area contributed by atoms with E-state index in [9.17, 15) is 31.2 Å². The summed E-state index contributed by atoms with van der Waals surface area (Å²) in [7, 11) is -4.10. The van der Waals surface area contributed by atoms with Crippen LogP contribution in [0.15, 0.2) is 23.1 Å². The summed E-state index contributed by atoms with van der Waals surface area (Å²) in [6, 6.07) is 4.33. The zero-order chi connectivity index (χ0) is 28.8. The van der Waals surface area contributed by atoms with Crippen LogP contribution in [0.1, 0.15) is 61.2 Å². The van der Waals surface area contributed by atoms with Crippen molar-refractivity contribution in [3.63, 3.8) is 0 Å². The molecule has 1 N–H and O–H groups in total. The van der Waals surface area contributed by atoms with E-state index in [1.54, 1.807) is 6.07 Å². The van der Waals surface area contributed by atoms with Crippen LogP contribution in [0.5, 0.6) is 0 Å². The quantitative estimate of drug-likeness (QED) is 0.517. The fourth-order valence-corrected chi connectivity index (χ4v) is 9.90. The number of nitrogens with zero attached hydrogens (tertiary/aromatic N) is 2. The van der Waals surface area contributed by atoms with Gasteiger partial charge in [0.15, 0.2) is 5.13 Å². The van der Waals surface area contributed by atoms with Gasteiger partial charge in [-0.1, -0.05) is 26.8 Å². The molecule has 4 aliphatic rings. The van der Waals surface area contributed by atoms with Gasteiger partial charge in [0.1, 0.15) is 6.10 Å². The van der Waals surface area contributed by atoms with Gasteiger partial charge < -0.3 is 9.64 Å². The van der Waals surface area contributed by atoms with Gasteiger partial charge in [-0.3, -0.25) is 14.3 Å². The minimum atomic E-state index is -4.99. The molecule has 2 aliphatic carbocycles. The van der Waals surface area contributed by atoms with E-state index in [2.05, 4.69) is 23.6 Å². The van der Waals surface area contributed by atoms with Crippen LogP contribution in [-0.4, -0.2) is 49.0 Å². The fraction of sp³-hybridized carbons (Fsp3) is 0.593. The number of benzene rings is 1. The van der Waals surface area contributed by atoms with Crippen LogP contribution in [0, 0.1) is 23.2 Å². The van der Waals surface area contributed by atoms with Crippen LogP contribution in [0.3, 0.4) is 0 Å². The molecule has 216 valence electrons. The van der Waals surface area contributed by atoms with Gasteiger partial charge in [-0.15, -0.1) is 11.3 Å². The molecule has 8 nitrogen and oxygen atoms in total. The average molecular weight is 598 g/mol. The predicted octanol–water partition coefficient (Wildman–Crippen LogP) is 4.64. The first-order valence-corrected chi connectivity index (χ1v) is 15.7. The van der Waals surface area contributed by atoms with Gasteiger partial charge >= 0.3 is 18.1 Å². The molecule has 6 atom stereocenters. The molecule has 40 heavy (non-hydrogen) atoms. The maximum absolute atomic E-state index is 13.3. The highest BCUT2D eigenvalue weighted by molar-refractivity contribution is 7.93. The number of carbonyl (C=O) groups excluding carboxylic acids is 2. The number of thiazole rings is 1. The van der Waals surface area contributed by atoms with Gasteiger partial charge in [0.2, 0.25) is 0 Å². The van der Waals surface area contributed by atoms with Gasteiger partial charge in [-0.25, -0.2) is 13.4 Å². The number of esters is 1. The number of aromatic nitrogens is 1. The summed E-state index contributed by atoms with van der Waals surface area (Å²) < 4.78 is 73.9. The lowest BCUT2D eigenvalue weighted by molar-refractivity contribution is -0.186.